The molecule has 0 aliphatic carbocycles. The third-order valence-corrected chi connectivity index (χ3v) is 2.12. The van der Waals surface area contributed by atoms with E-state index in [1.165, 1.54) is 0 Å². The van der Waals surface area contributed by atoms with E-state index in [4.69, 9.17) is 6.42 Å². The molecule has 0 aliphatic heterocycles. The average molecular weight is 224 g/mol. The first kappa shape index (κ1) is 15.0. The fourth-order valence-electron chi connectivity index (χ4n) is 1.36. The van der Waals surface area contributed by atoms with Gasteiger partial charge in [-0.2, -0.15) is 0 Å². The van der Waals surface area contributed by atoms with E-state index in [0.29, 0.717) is 0 Å². The van der Waals surface area contributed by atoms with Gasteiger partial charge in [0.1, 0.15) is 0 Å². The lowest BCUT2D eigenvalue weighted by Gasteiger charge is -2.25. The van der Waals surface area contributed by atoms with Gasteiger partial charge in [-0.15, -0.1) is 6.42 Å². The molecule has 3 heteroatoms. The molecule has 16 heavy (non-hydrogen) atoms. The Hall–Kier alpha value is -1.01. The summed E-state index contributed by atoms with van der Waals surface area (Å²) in [4.78, 5) is 11.8. The number of carbonyl (C=O) groups is 1. The number of rotatable bonds is 5. The summed E-state index contributed by atoms with van der Waals surface area (Å²) in [6, 6.07) is -0.280. The van der Waals surface area contributed by atoms with Crippen LogP contribution in [0.5, 0.6) is 0 Å². The third-order valence-electron chi connectivity index (χ3n) is 2.12. The van der Waals surface area contributed by atoms with Crippen LogP contribution >= 0.6 is 0 Å². The van der Waals surface area contributed by atoms with Crippen LogP contribution in [-0.2, 0) is 4.79 Å². The summed E-state index contributed by atoms with van der Waals surface area (Å²) in [6.07, 6.45) is 7.29. The molecule has 0 heterocycles. The van der Waals surface area contributed by atoms with E-state index in [-0.39, 0.29) is 23.5 Å². The minimum atomic E-state index is -0.258. The van der Waals surface area contributed by atoms with Crippen molar-refractivity contribution in [1.82, 2.24) is 10.6 Å². The monoisotopic (exact) mass is 224 g/mol. The zero-order valence-electron chi connectivity index (χ0n) is 11.1. The summed E-state index contributed by atoms with van der Waals surface area (Å²) in [6.45, 7) is 9.79. The fraction of sp³-hybridized carbons (Fsp3) is 0.769. The van der Waals surface area contributed by atoms with Crippen LogP contribution in [0.1, 0.15) is 47.5 Å². The van der Waals surface area contributed by atoms with Crippen LogP contribution in [0.4, 0.5) is 0 Å². The van der Waals surface area contributed by atoms with Gasteiger partial charge in [-0.3, -0.25) is 10.1 Å². The Morgan fingerprint density at radius 1 is 1.44 bits per heavy atom. The van der Waals surface area contributed by atoms with E-state index in [1.807, 2.05) is 27.7 Å². The highest BCUT2D eigenvalue weighted by atomic mass is 16.2. The molecule has 2 N–H and O–H groups in total. The molecule has 0 saturated carbocycles. The maximum absolute atomic E-state index is 11.8. The van der Waals surface area contributed by atoms with Crippen LogP contribution in [0.25, 0.3) is 0 Å². The maximum Gasteiger partial charge on any atom is 0.237 e. The molecule has 92 valence electrons. The normalized spacial score (nSPS) is 15.0. The minimum Gasteiger partial charge on any atom is -0.350 e. The van der Waals surface area contributed by atoms with Gasteiger partial charge in [0.15, 0.2) is 0 Å². The lowest BCUT2D eigenvalue weighted by atomic mass is 10.1. The molecule has 0 spiro atoms. The second kappa shape index (κ2) is 6.55. The molecule has 0 aliphatic rings. The minimum absolute atomic E-state index is 0.0103. The molecule has 3 nitrogen and oxygen atoms in total. The summed E-state index contributed by atoms with van der Waals surface area (Å²) < 4.78 is 0. The summed E-state index contributed by atoms with van der Waals surface area (Å²) in [5, 5.41) is 6.06. The Balaban J connectivity index is 4.19. The zero-order valence-corrected chi connectivity index (χ0v) is 11.1. The van der Waals surface area contributed by atoms with E-state index >= 15 is 0 Å². The van der Waals surface area contributed by atoms with Crippen molar-refractivity contribution in [3.8, 4) is 12.3 Å². The summed E-state index contributed by atoms with van der Waals surface area (Å²) in [5.74, 6) is 2.65. The summed E-state index contributed by atoms with van der Waals surface area (Å²) in [5.41, 5.74) is -0.205. The van der Waals surface area contributed by atoms with Crippen molar-refractivity contribution in [3.05, 3.63) is 0 Å². The highest BCUT2D eigenvalue weighted by Gasteiger charge is 2.20. The van der Waals surface area contributed by atoms with Gasteiger partial charge in [-0.25, -0.2) is 0 Å². The predicted octanol–water partition coefficient (Wildman–Crippen LogP) is 1.68. The van der Waals surface area contributed by atoms with E-state index in [1.54, 1.807) is 0 Å². The van der Waals surface area contributed by atoms with Gasteiger partial charge in [0, 0.05) is 5.54 Å². The molecule has 2 unspecified atom stereocenters. The van der Waals surface area contributed by atoms with Crippen molar-refractivity contribution in [3.63, 3.8) is 0 Å². The standard InChI is InChI=1S/C13H24N2O/c1-7-9-11(8-2)14-10(3)12(16)15-13(4,5)6/h2,10-11,14H,7,9H2,1,3-6H3,(H,15,16). The van der Waals surface area contributed by atoms with E-state index in [0.717, 1.165) is 12.8 Å². The quantitative estimate of drug-likeness (QED) is 0.698. The van der Waals surface area contributed by atoms with Crippen LogP contribution < -0.4 is 10.6 Å². The largest absolute Gasteiger partial charge is 0.350 e. The van der Waals surface area contributed by atoms with Gasteiger partial charge >= 0.3 is 0 Å². The summed E-state index contributed by atoms with van der Waals surface area (Å²) in [7, 11) is 0. The Bertz CT molecular complexity index is 260. The van der Waals surface area contributed by atoms with E-state index in [2.05, 4.69) is 23.5 Å². The molecular formula is C13H24N2O. The molecular weight excluding hydrogens is 200 g/mol. The van der Waals surface area contributed by atoms with Crippen molar-refractivity contribution in [1.29, 1.82) is 0 Å². The zero-order chi connectivity index (χ0) is 12.8. The number of carbonyl (C=O) groups excluding carboxylic acids is 1. The van der Waals surface area contributed by atoms with Gasteiger partial charge < -0.3 is 5.32 Å². The van der Waals surface area contributed by atoms with Crippen molar-refractivity contribution in [2.75, 3.05) is 0 Å². The topological polar surface area (TPSA) is 41.1 Å². The molecule has 2 atom stereocenters. The lowest BCUT2D eigenvalue weighted by molar-refractivity contribution is -0.124. The van der Waals surface area contributed by atoms with Crippen molar-refractivity contribution in [2.24, 2.45) is 0 Å². The van der Waals surface area contributed by atoms with Crippen LogP contribution in [0.2, 0.25) is 0 Å². The first-order chi connectivity index (χ1) is 7.30. The third kappa shape index (κ3) is 6.47. The van der Waals surface area contributed by atoms with E-state index in [9.17, 15) is 4.79 Å². The fourth-order valence-corrected chi connectivity index (χ4v) is 1.36. The SMILES string of the molecule is C#CC(CCC)NC(C)C(=O)NC(C)(C)C. The number of nitrogens with one attached hydrogen (secondary N) is 2. The number of hydrogen-bond acceptors (Lipinski definition) is 2. The van der Waals surface area contributed by atoms with Crippen LogP contribution in [0.15, 0.2) is 0 Å². The molecule has 0 rings (SSSR count). The number of hydrogen-bond donors (Lipinski definition) is 2. The van der Waals surface area contributed by atoms with Crippen LogP contribution in [-0.4, -0.2) is 23.5 Å². The van der Waals surface area contributed by atoms with Gasteiger partial charge in [0.25, 0.3) is 0 Å². The van der Waals surface area contributed by atoms with Crippen molar-refractivity contribution in [2.45, 2.75) is 65.1 Å². The molecule has 0 radical (unpaired) electrons. The van der Waals surface area contributed by atoms with Gasteiger partial charge in [-0.1, -0.05) is 19.3 Å². The van der Waals surface area contributed by atoms with Crippen LogP contribution in [0.3, 0.4) is 0 Å². The molecule has 1 amide bonds. The van der Waals surface area contributed by atoms with Crippen molar-refractivity contribution >= 4 is 5.91 Å². The Morgan fingerprint density at radius 2 is 2.00 bits per heavy atom. The smallest absolute Gasteiger partial charge is 0.237 e. The Labute approximate surface area is 99.4 Å². The Morgan fingerprint density at radius 3 is 2.38 bits per heavy atom. The predicted molar refractivity (Wildman–Crippen MR) is 68.0 cm³/mol. The van der Waals surface area contributed by atoms with Crippen LogP contribution in [0, 0.1) is 12.3 Å². The molecule has 0 aromatic rings. The van der Waals surface area contributed by atoms with Gasteiger partial charge in [-0.05, 0) is 34.1 Å². The molecule has 0 bridgehead atoms. The first-order valence-corrected chi connectivity index (χ1v) is 5.84. The molecule has 0 fully saturated rings. The molecule has 0 aromatic heterocycles. The lowest BCUT2D eigenvalue weighted by Crippen LogP contribution is -2.51. The highest BCUT2D eigenvalue weighted by molar-refractivity contribution is 5.82. The van der Waals surface area contributed by atoms with Gasteiger partial charge in [0.2, 0.25) is 5.91 Å². The second-order valence-electron chi connectivity index (χ2n) is 5.14. The number of terminal acetylenes is 1. The molecule has 0 saturated heterocycles. The maximum atomic E-state index is 11.8. The van der Waals surface area contributed by atoms with Gasteiger partial charge in [0.05, 0.1) is 12.1 Å². The van der Waals surface area contributed by atoms with Crippen molar-refractivity contribution < 1.29 is 4.79 Å². The first-order valence-electron chi connectivity index (χ1n) is 5.84. The van der Waals surface area contributed by atoms with E-state index < -0.39 is 0 Å². The number of amides is 1. The second-order valence-corrected chi connectivity index (χ2v) is 5.14. The highest BCUT2D eigenvalue weighted by Crippen LogP contribution is 2.01. The Kier molecular flexibility index (Phi) is 6.13. The average Bonchev–Trinajstić information content (AvgIpc) is 2.14. The molecule has 0 aromatic carbocycles. The summed E-state index contributed by atoms with van der Waals surface area (Å²) >= 11 is 0.